The number of carbonyl (C=O) groups is 1. The van der Waals surface area contributed by atoms with Crippen molar-refractivity contribution < 1.29 is 9.21 Å². The molecule has 0 unspecified atom stereocenters. The van der Waals surface area contributed by atoms with Crippen LogP contribution < -0.4 is 4.90 Å². The maximum absolute atomic E-state index is 13.8. The molecule has 5 rings (SSSR count). The third-order valence-electron chi connectivity index (χ3n) is 5.20. The summed E-state index contributed by atoms with van der Waals surface area (Å²) in [5.74, 6) is 0.632. The average molecular weight is 413 g/mol. The van der Waals surface area contributed by atoms with Crippen LogP contribution in [-0.2, 0) is 6.54 Å². The number of nitrogens with zero attached hydrogens (tertiary/aromatic N) is 2. The molecule has 5 heteroatoms. The van der Waals surface area contributed by atoms with Gasteiger partial charge in [-0.05, 0) is 60.0 Å². The minimum absolute atomic E-state index is 0.0865. The van der Waals surface area contributed by atoms with Crippen LogP contribution in [0.15, 0.2) is 77.4 Å². The van der Waals surface area contributed by atoms with Gasteiger partial charge in [0.15, 0.2) is 5.13 Å². The molecule has 0 radical (unpaired) electrons. The zero-order valence-electron chi connectivity index (χ0n) is 16.8. The van der Waals surface area contributed by atoms with Crippen molar-refractivity contribution in [3.8, 4) is 0 Å². The van der Waals surface area contributed by atoms with Crippen LogP contribution in [0.25, 0.3) is 21.0 Å². The highest BCUT2D eigenvalue weighted by molar-refractivity contribution is 7.22. The molecule has 0 saturated carbocycles. The second-order valence-corrected chi connectivity index (χ2v) is 8.40. The number of furan rings is 1. The van der Waals surface area contributed by atoms with Gasteiger partial charge in [0.2, 0.25) is 0 Å². The van der Waals surface area contributed by atoms with Crippen molar-refractivity contribution in [1.29, 1.82) is 0 Å². The van der Waals surface area contributed by atoms with Gasteiger partial charge in [-0.15, -0.1) is 0 Å². The summed E-state index contributed by atoms with van der Waals surface area (Å²) in [6.45, 7) is 4.47. The summed E-state index contributed by atoms with van der Waals surface area (Å²) < 4.78 is 6.66. The molecule has 1 amide bonds. The number of anilines is 1. The summed E-state index contributed by atoms with van der Waals surface area (Å²) in [5, 5.41) is 2.65. The highest BCUT2D eigenvalue weighted by atomic mass is 32.1. The normalized spacial score (nSPS) is 11.3. The summed E-state index contributed by atoms with van der Waals surface area (Å²) in [6, 6.07) is 21.7. The van der Waals surface area contributed by atoms with Crippen LogP contribution in [0.2, 0.25) is 0 Å². The predicted molar refractivity (Wildman–Crippen MR) is 122 cm³/mol. The monoisotopic (exact) mass is 412 g/mol. The van der Waals surface area contributed by atoms with Crippen LogP contribution >= 0.6 is 11.3 Å². The van der Waals surface area contributed by atoms with Crippen molar-refractivity contribution in [1.82, 2.24) is 4.98 Å². The summed E-state index contributed by atoms with van der Waals surface area (Å²) >= 11 is 1.54. The van der Waals surface area contributed by atoms with Crippen molar-refractivity contribution in [2.75, 3.05) is 4.90 Å². The van der Waals surface area contributed by atoms with Crippen molar-refractivity contribution >= 4 is 43.4 Å². The lowest BCUT2D eigenvalue weighted by Crippen LogP contribution is -2.30. The lowest BCUT2D eigenvalue weighted by Gasteiger charge is -2.19. The van der Waals surface area contributed by atoms with Gasteiger partial charge in [0.1, 0.15) is 5.76 Å². The first kappa shape index (κ1) is 18.6. The standard InChI is InChI=1S/C25H20N2O2S/c1-16-13-17(2)23-22(14-16)26-25(30-23)27(15-19-9-6-12-29-19)24(28)21-11-5-8-18-7-3-4-10-20(18)21/h3-14H,15H2,1-2H3. The van der Waals surface area contributed by atoms with E-state index in [0.29, 0.717) is 17.2 Å². The highest BCUT2D eigenvalue weighted by Crippen LogP contribution is 2.34. The molecule has 0 aliphatic heterocycles. The van der Waals surface area contributed by atoms with Gasteiger partial charge in [-0.2, -0.15) is 0 Å². The van der Waals surface area contributed by atoms with E-state index in [0.717, 1.165) is 32.3 Å². The van der Waals surface area contributed by atoms with E-state index in [-0.39, 0.29) is 5.91 Å². The van der Waals surface area contributed by atoms with Gasteiger partial charge >= 0.3 is 0 Å². The SMILES string of the molecule is Cc1cc(C)c2sc(N(Cc3ccco3)C(=O)c3cccc4ccccc34)nc2c1. The van der Waals surface area contributed by atoms with E-state index in [2.05, 4.69) is 26.0 Å². The lowest BCUT2D eigenvalue weighted by molar-refractivity contribution is 0.0985. The van der Waals surface area contributed by atoms with Crippen molar-refractivity contribution in [3.63, 3.8) is 0 Å². The van der Waals surface area contributed by atoms with E-state index >= 15 is 0 Å². The topological polar surface area (TPSA) is 46.3 Å². The number of amides is 1. The third kappa shape index (κ3) is 3.27. The summed E-state index contributed by atoms with van der Waals surface area (Å²) in [4.78, 5) is 20.3. The molecule has 4 nitrogen and oxygen atoms in total. The van der Waals surface area contributed by atoms with Gasteiger partial charge in [0.25, 0.3) is 5.91 Å². The molecule has 3 aromatic carbocycles. The number of hydrogen-bond donors (Lipinski definition) is 0. The molecule has 148 valence electrons. The first-order valence-corrected chi connectivity index (χ1v) is 10.6. The number of rotatable bonds is 4. The van der Waals surface area contributed by atoms with E-state index in [4.69, 9.17) is 9.40 Å². The van der Waals surface area contributed by atoms with Gasteiger partial charge in [-0.25, -0.2) is 4.98 Å². The van der Waals surface area contributed by atoms with Crippen LogP contribution in [-0.4, -0.2) is 10.9 Å². The summed E-state index contributed by atoms with van der Waals surface area (Å²) in [6.07, 6.45) is 1.63. The zero-order valence-corrected chi connectivity index (χ0v) is 17.6. The Morgan fingerprint density at radius 1 is 1.03 bits per heavy atom. The molecule has 2 heterocycles. The number of aromatic nitrogens is 1. The Bertz CT molecular complexity index is 1360. The molecule has 30 heavy (non-hydrogen) atoms. The fraction of sp³-hybridized carbons (Fsp3) is 0.120. The third-order valence-corrected chi connectivity index (χ3v) is 6.43. The molecule has 0 aliphatic rings. The van der Waals surface area contributed by atoms with Gasteiger partial charge < -0.3 is 4.42 Å². The quantitative estimate of drug-likeness (QED) is 0.338. The first-order chi connectivity index (χ1) is 14.6. The number of aryl methyl sites for hydroxylation is 2. The molecule has 0 N–H and O–H groups in total. The molecule has 0 atom stereocenters. The fourth-order valence-corrected chi connectivity index (χ4v) is 4.84. The Labute approximate surface area is 178 Å². The molecule has 0 saturated heterocycles. The van der Waals surface area contributed by atoms with Crippen molar-refractivity contribution in [2.45, 2.75) is 20.4 Å². The number of thiazole rings is 1. The van der Waals surface area contributed by atoms with Crippen molar-refractivity contribution in [2.24, 2.45) is 0 Å². The zero-order chi connectivity index (χ0) is 20.7. The second-order valence-electron chi connectivity index (χ2n) is 7.42. The molecule has 0 spiro atoms. The van der Waals surface area contributed by atoms with Crippen molar-refractivity contribution in [3.05, 3.63) is 95.4 Å². The Hall–Kier alpha value is -3.44. The van der Waals surface area contributed by atoms with Gasteiger partial charge in [-0.1, -0.05) is 53.8 Å². The Morgan fingerprint density at radius 3 is 2.70 bits per heavy atom. The molecule has 0 bridgehead atoms. The van der Waals surface area contributed by atoms with Crippen LogP contribution in [0.3, 0.4) is 0 Å². The maximum Gasteiger partial charge on any atom is 0.261 e. The first-order valence-electron chi connectivity index (χ1n) is 9.80. The average Bonchev–Trinajstić information content (AvgIpc) is 3.41. The summed E-state index contributed by atoms with van der Waals surface area (Å²) in [5.41, 5.74) is 3.91. The van der Waals surface area contributed by atoms with E-state index < -0.39 is 0 Å². The molecular formula is C25H20N2O2S. The fourth-order valence-electron chi connectivity index (χ4n) is 3.82. The number of benzene rings is 3. The summed E-state index contributed by atoms with van der Waals surface area (Å²) in [7, 11) is 0. The molecule has 0 fully saturated rings. The van der Waals surface area contributed by atoms with E-state index in [1.165, 1.54) is 5.56 Å². The molecular weight excluding hydrogens is 392 g/mol. The van der Waals surface area contributed by atoms with E-state index in [1.807, 2.05) is 54.6 Å². The largest absolute Gasteiger partial charge is 0.467 e. The Balaban J connectivity index is 1.65. The molecule has 2 aromatic heterocycles. The van der Waals surface area contributed by atoms with Gasteiger partial charge in [-0.3, -0.25) is 9.69 Å². The minimum Gasteiger partial charge on any atom is -0.467 e. The Morgan fingerprint density at radius 2 is 1.87 bits per heavy atom. The van der Waals surface area contributed by atoms with Crippen LogP contribution in [0.5, 0.6) is 0 Å². The molecule has 5 aromatic rings. The Kier molecular flexibility index (Phi) is 4.60. The van der Waals surface area contributed by atoms with Crippen LogP contribution in [0.4, 0.5) is 5.13 Å². The molecule has 0 aliphatic carbocycles. The van der Waals surface area contributed by atoms with E-state index in [1.54, 1.807) is 22.5 Å². The van der Waals surface area contributed by atoms with Crippen LogP contribution in [0, 0.1) is 13.8 Å². The van der Waals surface area contributed by atoms with Gasteiger partial charge in [0.05, 0.1) is 23.0 Å². The predicted octanol–water partition coefficient (Wildman–Crippen LogP) is 6.51. The minimum atomic E-state index is -0.0865. The smallest absolute Gasteiger partial charge is 0.261 e. The number of hydrogen-bond acceptors (Lipinski definition) is 4. The van der Waals surface area contributed by atoms with Gasteiger partial charge in [0, 0.05) is 5.56 Å². The highest BCUT2D eigenvalue weighted by Gasteiger charge is 2.24. The lowest BCUT2D eigenvalue weighted by atomic mass is 10.0. The van der Waals surface area contributed by atoms with E-state index in [9.17, 15) is 4.79 Å². The number of carbonyl (C=O) groups excluding carboxylic acids is 1. The number of fused-ring (bicyclic) bond motifs is 2. The second kappa shape index (κ2) is 7.43. The maximum atomic E-state index is 13.8. The van der Waals surface area contributed by atoms with Crippen LogP contribution in [0.1, 0.15) is 27.2 Å².